The first-order valence-electron chi connectivity index (χ1n) is 8.72. The Bertz CT molecular complexity index is 1070. The number of fused-ring (bicyclic) bond motifs is 1. The van der Waals surface area contributed by atoms with E-state index in [0.29, 0.717) is 29.4 Å². The molecule has 2 aliphatic heterocycles. The van der Waals surface area contributed by atoms with Gasteiger partial charge in [0.2, 0.25) is 6.79 Å². The Hall–Kier alpha value is -3.46. The number of nitrogens with one attached hydrogen (secondary N) is 1. The minimum Gasteiger partial charge on any atom is -0.493 e. The molecule has 0 atom stereocenters. The first kappa shape index (κ1) is 18.9. The summed E-state index contributed by atoms with van der Waals surface area (Å²) < 4.78 is 30.6. The van der Waals surface area contributed by atoms with Gasteiger partial charge in [-0.1, -0.05) is 12.1 Å². The van der Waals surface area contributed by atoms with Gasteiger partial charge in [0.1, 0.15) is 17.1 Å². The highest BCUT2D eigenvalue weighted by molar-refractivity contribution is 7.80. The van der Waals surface area contributed by atoms with Gasteiger partial charge in [0.15, 0.2) is 16.6 Å². The summed E-state index contributed by atoms with van der Waals surface area (Å²) in [5, 5.41) is 2.23. The monoisotopic (exact) mass is 414 g/mol. The topological polar surface area (TPSA) is 77.1 Å². The smallest absolute Gasteiger partial charge is 0.270 e. The van der Waals surface area contributed by atoms with Gasteiger partial charge in [-0.3, -0.25) is 14.9 Å². The second-order valence-corrected chi connectivity index (χ2v) is 6.47. The predicted molar refractivity (Wildman–Crippen MR) is 106 cm³/mol. The van der Waals surface area contributed by atoms with Crippen molar-refractivity contribution in [1.82, 2.24) is 5.32 Å². The minimum atomic E-state index is -0.746. The van der Waals surface area contributed by atoms with Crippen molar-refractivity contribution in [1.29, 1.82) is 0 Å². The minimum absolute atomic E-state index is 0.0517. The van der Waals surface area contributed by atoms with E-state index in [1.54, 1.807) is 25.1 Å². The van der Waals surface area contributed by atoms with Crippen molar-refractivity contribution < 1.29 is 28.2 Å². The van der Waals surface area contributed by atoms with Gasteiger partial charge < -0.3 is 14.2 Å². The molecule has 2 aliphatic rings. The molecule has 4 rings (SSSR count). The number of rotatable bonds is 4. The van der Waals surface area contributed by atoms with E-state index in [1.807, 2.05) is 0 Å². The van der Waals surface area contributed by atoms with E-state index < -0.39 is 17.6 Å². The zero-order valence-electron chi connectivity index (χ0n) is 15.2. The van der Waals surface area contributed by atoms with E-state index in [4.69, 9.17) is 26.4 Å². The molecule has 0 spiro atoms. The Morgan fingerprint density at radius 2 is 1.97 bits per heavy atom. The average Bonchev–Trinajstić information content (AvgIpc) is 3.14. The summed E-state index contributed by atoms with van der Waals surface area (Å²) in [6.07, 6.45) is 1.36. The van der Waals surface area contributed by atoms with Gasteiger partial charge in [-0.25, -0.2) is 9.29 Å². The third kappa shape index (κ3) is 3.40. The SMILES string of the molecule is CCOc1cc2c(cc1/C=C1/C(=O)NC(=S)N(c3ccccc3F)C1=O)OCO2. The zero-order chi connectivity index (χ0) is 20.5. The van der Waals surface area contributed by atoms with E-state index in [-0.39, 0.29) is 23.2 Å². The van der Waals surface area contributed by atoms with Crippen molar-refractivity contribution in [2.45, 2.75) is 6.92 Å². The second kappa shape index (κ2) is 7.51. The Morgan fingerprint density at radius 1 is 1.24 bits per heavy atom. The molecule has 7 nitrogen and oxygen atoms in total. The number of ether oxygens (including phenoxy) is 3. The molecular formula is C20H15FN2O5S. The number of nitrogens with zero attached hydrogens (tertiary/aromatic N) is 1. The lowest BCUT2D eigenvalue weighted by Crippen LogP contribution is -2.54. The van der Waals surface area contributed by atoms with Crippen LogP contribution in [0, 0.1) is 5.82 Å². The lowest BCUT2D eigenvalue weighted by atomic mass is 10.1. The number of carbonyl (C=O) groups excluding carboxylic acids is 2. The van der Waals surface area contributed by atoms with Gasteiger partial charge in [-0.15, -0.1) is 0 Å². The third-order valence-corrected chi connectivity index (χ3v) is 4.58. The maximum absolute atomic E-state index is 14.3. The fourth-order valence-electron chi connectivity index (χ4n) is 3.00. The first-order chi connectivity index (χ1) is 14.0. The van der Waals surface area contributed by atoms with Crippen LogP contribution in [0.2, 0.25) is 0 Å². The maximum Gasteiger partial charge on any atom is 0.270 e. The summed E-state index contributed by atoms with van der Waals surface area (Å²) in [5.41, 5.74) is 0.168. The van der Waals surface area contributed by atoms with Crippen molar-refractivity contribution in [2.75, 3.05) is 18.3 Å². The van der Waals surface area contributed by atoms with Gasteiger partial charge in [-0.2, -0.15) is 0 Å². The van der Waals surface area contributed by atoms with Crippen molar-refractivity contribution in [2.24, 2.45) is 0 Å². The Kier molecular flexibility index (Phi) is 4.89. The molecule has 0 aromatic heterocycles. The number of amides is 2. The van der Waals surface area contributed by atoms with E-state index in [1.165, 1.54) is 24.3 Å². The molecule has 1 fully saturated rings. The number of para-hydroxylation sites is 1. The largest absolute Gasteiger partial charge is 0.493 e. The van der Waals surface area contributed by atoms with E-state index in [9.17, 15) is 14.0 Å². The Balaban J connectivity index is 1.79. The summed E-state index contributed by atoms with van der Waals surface area (Å²) in [5.74, 6) is -0.696. The quantitative estimate of drug-likeness (QED) is 0.471. The molecule has 0 aliphatic carbocycles. The van der Waals surface area contributed by atoms with Crippen LogP contribution in [-0.4, -0.2) is 30.3 Å². The van der Waals surface area contributed by atoms with Crippen molar-refractivity contribution in [3.63, 3.8) is 0 Å². The number of hydrogen-bond donors (Lipinski definition) is 1. The van der Waals surface area contributed by atoms with Crippen LogP contribution in [0.1, 0.15) is 12.5 Å². The summed E-state index contributed by atoms with van der Waals surface area (Å²) in [6.45, 7) is 2.23. The van der Waals surface area contributed by atoms with Gasteiger partial charge >= 0.3 is 0 Å². The normalized spacial score (nSPS) is 17.0. The number of carbonyl (C=O) groups is 2. The van der Waals surface area contributed by atoms with E-state index >= 15 is 0 Å². The van der Waals surface area contributed by atoms with Crippen LogP contribution in [0.5, 0.6) is 17.2 Å². The molecule has 0 unspecified atom stereocenters. The highest BCUT2D eigenvalue weighted by atomic mass is 32.1. The molecule has 29 heavy (non-hydrogen) atoms. The number of halogens is 1. The van der Waals surface area contributed by atoms with Crippen LogP contribution < -0.4 is 24.4 Å². The van der Waals surface area contributed by atoms with Crippen LogP contribution in [0.15, 0.2) is 42.0 Å². The fraction of sp³-hybridized carbons (Fsp3) is 0.150. The number of thiocarbonyl (C=S) groups is 1. The molecule has 0 bridgehead atoms. The molecule has 2 heterocycles. The summed E-state index contributed by atoms with van der Waals surface area (Å²) in [6, 6.07) is 8.91. The molecule has 0 radical (unpaired) electrons. The summed E-state index contributed by atoms with van der Waals surface area (Å²) in [4.78, 5) is 26.5. The van der Waals surface area contributed by atoms with E-state index in [2.05, 4.69) is 5.32 Å². The highest BCUT2D eigenvalue weighted by Gasteiger charge is 2.36. The Morgan fingerprint density at radius 3 is 2.69 bits per heavy atom. The van der Waals surface area contributed by atoms with Gasteiger partial charge in [0.25, 0.3) is 11.8 Å². The molecule has 2 aromatic carbocycles. The number of benzene rings is 2. The third-order valence-electron chi connectivity index (χ3n) is 4.30. The van der Waals surface area contributed by atoms with Crippen molar-refractivity contribution in [3.8, 4) is 17.2 Å². The fourth-order valence-corrected chi connectivity index (χ4v) is 3.27. The molecule has 2 aromatic rings. The molecule has 2 amide bonds. The Labute approximate surface area is 170 Å². The second-order valence-electron chi connectivity index (χ2n) is 6.09. The highest BCUT2D eigenvalue weighted by Crippen LogP contribution is 2.39. The standard InChI is InChI=1S/C20H15FN2O5S/c1-2-26-15-9-17-16(27-10-28-17)8-11(15)7-12-18(24)22-20(29)23(19(12)25)14-6-4-3-5-13(14)21/h3-9H,2,10H2,1H3,(H,22,24,29)/b12-7-. The molecule has 1 saturated heterocycles. The van der Waals surface area contributed by atoms with Crippen LogP contribution >= 0.6 is 12.2 Å². The van der Waals surface area contributed by atoms with Crippen molar-refractivity contribution in [3.05, 3.63) is 53.4 Å². The molecule has 0 saturated carbocycles. The maximum atomic E-state index is 14.3. The molecule has 9 heteroatoms. The van der Waals surface area contributed by atoms with Gasteiger partial charge in [0.05, 0.1) is 12.3 Å². The predicted octanol–water partition coefficient (Wildman–Crippen LogP) is 2.78. The van der Waals surface area contributed by atoms with Crippen LogP contribution in [-0.2, 0) is 9.59 Å². The van der Waals surface area contributed by atoms with Crippen LogP contribution in [0.3, 0.4) is 0 Å². The average molecular weight is 414 g/mol. The number of anilines is 1. The number of hydrogen-bond acceptors (Lipinski definition) is 6. The van der Waals surface area contributed by atoms with Crippen molar-refractivity contribution >= 4 is 40.9 Å². The van der Waals surface area contributed by atoms with Gasteiger partial charge in [-0.05, 0) is 43.4 Å². The van der Waals surface area contributed by atoms with Crippen LogP contribution in [0.4, 0.5) is 10.1 Å². The van der Waals surface area contributed by atoms with Crippen LogP contribution in [0.25, 0.3) is 6.08 Å². The lowest BCUT2D eigenvalue weighted by Gasteiger charge is -2.29. The molecule has 1 N–H and O–H groups in total. The summed E-state index contributed by atoms with van der Waals surface area (Å²) in [7, 11) is 0. The first-order valence-corrected chi connectivity index (χ1v) is 9.13. The molecule has 148 valence electrons. The zero-order valence-corrected chi connectivity index (χ0v) is 16.0. The summed E-state index contributed by atoms with van der Waals surface area (Å²) >= 11 is 5.09. The van der Waals surface area contributed by atoms with E-state index in [0.717, 1.165) is 4.90 Å². The lowest BCUT2D eigenvalue weighted by molar-refractivity contribution is -0.122. The molecular weight excluding hydrogens is 399 g/mol. The van der Waals surface area contributed by atoms with Gasteiger partial charge in [0, 0.05) is 11.6 Å².